The average Bonchev–Trinajstić information content (AvgIpc) is 2.36. The van der Waals surface area contributed by atoms with E-state index in [1.807, 2.05) is 6.92 Å². The van der Waals surface area contributed by atoms with Crippen molar-refractivity contribution in [3.8, 4) is 0 Å². The van der Waals surface area contributed by atoms with Crippen LogP contribution in [0.3, 0.4) is 0 Å². The number of nitrogens with zero attached hydrogens (tertiary/aromatic N) is 1. The molecule has 0 heterocycles. The molecule has 0 aromatic rings. The van der Waals surface area contributed by atoms with Crippen molar-refractivity contribution in [1.29, 1.82) is 0 Å². The minimum atomic E-state index is -0.109. The van der Waals surface area contributed by atoms with Crippen LogP contribution in [0, 0.1) is 5.92 Å². The topological polar surface area (TPSA) is 59.6 Å². The average molecular weight is 253 g/mol. The van der Waals surface area contributed by atoms with Crippen LogP contribution in [-0.2, 0) is 4.74 Å². The molecule has 0 atom stereocenters. The highest BCUT2D eigenvalue weighted by atomic mass is 16.5. The van der Waals surface area contributed by atoms with Crippen molar-refractivity contribution in [2.24, 2.45) is 16.6 Å². The maximum Gasteiger partial charge on any atom is 0.188 e. The van der Waals surface area contributed by atoms with Crippen LogP contribution in [0.2, 0.25) is 0 Å². The van der Waals surface area contributed by atoms with Gasteiger partial charge in [0, 0.05) is 13.7 Å². The van der Waals surface area contributed by atoms with Crippen molar-refractivity contribution in [2.45, 2.75) is 45.1 Å². The molecule has 4 heteroatoms. The molecule has 0 aromatic heterocycles. The maximum absolute atomic E-state index is 5.82. The standard InChI is InChI=1S/C14H27N3O/c1-11(2)9-16-13(15)17-10-14(18-4)7-5-12(3)6-8-14/h12H,1,5-10H2,2-4H3,(H3,15,16,17). The van der Waals surface area contributed by atoms with Crippen molar-refractivity contribution in [3.63, 3.8) is 0 Å². The van der Waals surface area contributed by atoms with Gasteiger partial charge >= 0.3 is 0 Å². The number of guanidine groups is 1. The van der Waals surface area contributed by atoms with Crippen LogP contribution in [0.5, 0.6) is 0 Å². The van der Waals surface area contributed by atoms with E-state index in [0.29, 0.717) is 19.0 Å². The quantitative estimate of drug-likeness (QED) is 0.448. The van der Waals surface area contributed by atoms with E-state index in [1.54, 1.807) is 7.11 Å². The summed E-state index contributed by atoms with van der Waals surface area (Å²) in [5.74, 6) is 1.28. The molecule has 0 radical (unpaired) electrons. The molecule has 0 bridgehead atoms. The number of hydrogen-bond acceptors (Lipinski definition) is 2. The number of aliphatic imine (C=N–C) groups is 1. The minimum absolute atomic E-state index is 0.109. The Hall–Kier alpha value is -1.03. The first kappa shape index (κ1) is 15.0. The molecule has 0 unspecified atom stereocenters. The number of nitrogens with two attached hydrogens (primary N) is 1. The third-order valence-electron chi connectivity index (χ3n) is 3.73. The lowest BCUT2D eigenvalue weighted by atomic mass is 9.79. The number of nitrogens with one attached hydrogen (secondary N) is 1. The monoisotopic (exact) mass is 253 g/mol. The fraction of sp³-hybridized carbons (Fsp3) is 0.786. The predicted molar refractivity (Wildman–Crippen MR) is 76.7 cm³/mol. The summed E-state index contributed by atoms with van der Waals surface area (Å²) in [6, 6.07) is 0. The minimum Gasteiger partial charge on any atom is -0.376 e. The zero-order valence-corrected chi connectivity index (χ0v) is 12.0. The molecule has 1 saturated carbocycles. The van der Waals surface area contributed by atoms with E-state index in [0.717, 1.165) is 24.3 Å². The highest BCUT2D eigenvalue weighted by molar-refractivity contribution is 5.78. The van der Waals surface area contributed by atoms with Crippen LogP contribution in [0.1, 0.15) is 39.5 Å². The Kier molecular flexibility index (Phi) is 5.66. The molecule has 3 N–H and O–H groups in total. The molecule has 18 heavy (non-hydrogen) atoms. The van der Waals surface area contributed by atoms with E-state index in [1.165, 1.54) is 12.8 Å². The van der Waals surface area contributed by atoms with Gasteiger partial charge in [0.05, 0.1) is 12.1 Å². The summed E-state index contributed by atoms with van der Waals surface area (Å²) in [5, 5.41) is 3.04. The van der Waals surface area contributed by atoms with Gasteiger partial charge in [-0.2, -0.15) is 0 Å². The molecule has 1 rings (SSSR count). The van der Waals surface area contributed by atoms with Gasteiger partial charge in [-0.25, -0.2) is 0 Å². The smallest absolute Gasteiger partial charge is 0.188 e. The van der Waals surface area contributed by atoms with Gasteiger partial charge in [-0.15, -0.1) is 0 Å². The summed E-state index contributed by atoms with van der Waals surface area (Å²) >= 11 is 0. The summed E-state index contributed by atoms with van der Waals surface area (Å²) in [6.45, 7) is 9.39. The van der Waals surface area contributed by atoms with Crippen LogP contribution >= 0.6 is 0 Å². The van der Waals surface area contributed by atoms with E-state index in [9.17, 15) is 0 Å². The zero-order chi connectivity index (χ0) is 13.6. The van der Waals surface area contributed by atoms with Crippen LogP contribution in [-0.4, -0.2) is 31.8 Å². The third-order valence-corrected chi connectivity index (χ3v) is 3.73. The highest BCUT2D eigenvalue weighted by Gasteiger charge is 2.33. The number of ether oxygens (including phenoxy) is 1. The predicted octanol–water partition coefficient (Wildman–Crippen LogP) is 2.06. The van der Waals surface area contributed by atoms with Gasteiger partial charge in [0.1, 0.15) is 0 Å². The second kappa shape index (κ2) is 6.78. The highest BCUT2D eigenvalue weighted by Crippen LogP contribution is 2.34. The Labute approximate surface area is 111 Å². The van der Waals surface area contributed by atoms with Crippen molar-refractivity contribution in [2.75, 3.05) is 20.2 Å². The molecular weight excluding hydrogens is 226 g/mol. The van der Waals surface area contributed by atoms with Gasteiger partial charge in [0.15, 0.2) is 5.96 Å². The van der Waals surface area contributed by atoms with E-state index >= 15 is 0 Å². The second-order valence-electron chi connectivity index (χ2n) is 5.58. The van der Waals surface area contributed by atoms with E-state index in [-0.39, 0.29) is 5.60 Å². The molecule has 1 fully saturated rings. The van der Waals surface area contributed by atoms with E-state index in [4.69, 9.17) is 10.5 Å². The molecule has 0 saturated heterocycles. The lowest BCUT2D eigenvalue weighted by molar-refractivity contribution is -0.0394. The SMILES string of the molecule is C=C(C)CNC(N)=NCC1(OC)CCC(C)CC1. The fourth-order valence-corrected chi connectivity index (χ4v) is 2.24. The van der Waals surface area contributed by atoms with Gasteiger partial charge in [-0.1, -0.05) is 19.1 Å². The van der Waals surface area contributed by atoms with Gasteiger partial charge < -0.3 is 15.8 Å². The van der Waals surface area contributed by atoms with Gasteiger partial charge in [0.2, 0.25) is 0 Å². The molecular formula is C14H27N3O. The molecule has 1 aliphatic carbocycles. The summed E-state index contributed by atoms with van der Waals surface area (Å²) in [7, 11) is 1.78. The Morgan fingerprint density at radius 2 is 2.11 bits per heavy atom. The lowest BCUT2D eigenvalue weighted by Gasteiger charge is -2.37. The molecule has 1 aliphatic rings. The summed E-state index contributed by atoms with van der Waals surface area (Å²) < 4.78 is 5.70. The van der Waals surface area contributed by atoms with Gasteiger partial charge in [-0.3, -0.25) is 4.99 Å². The van der Waals surface area contributed by atoms with Gasteiger partial charge in [-0.05, 0) is 38.5 Å². The Morgan fingerprint density at radius 1 is 1.50 bits per heavy atom. The van der Waals surface area contributed by atoms with Crippen molar-refractivity contribution in [3.05, 3.63) is 12.2 Å². The number of methoxy groups -OCH3 is 1. The maximum atomic E-state index is 5.82. The van der Waals surface area contributed by atoms with Crippen molar-refractivity contribution >= 4 is 5.96 Å². The summed E-state index contributed by atoms with van der Waals surface area (Å²) in [4.78, 5) is 4.41. The number of rotatable bonds is 5. The first-order valence-corrected chi connectivity index (χ1v) is 6.71. The first-order valence-electron chi connectivity index (χ1n) is 6.71. The second-order valence-corrected chi connectivity index (χ2v) is 5.58. The van der Waals surface area contributed by atoms with E-state index < -0.39 is 0 Å². The van der Waals surface area contributed by atoms with Gasteiger partial charge in [0.25, 0.3) is 0 Å². The Balaban J connectivity index is 2.47. The molecule has 0 amide bonds. The van der Waals surface area contributed by atoms with Crippen LogP contribution in [0.15, 0.2) is 17.1 Å². The first-order chi connectivity index (χ1) is 8.47. The molecule has 4 nitrogen and oxygen atoms in total. The molecule has 104 valence electrons. The zero-order valence-electron chi connectivity index (χ0n) is 12.0. The Morgan fingerprint density at radius 3 is 2.61 bits per heavy atom. The summed E-state index contributed by atoms with van der Waals surface area (Å²) in [5.41, 5.74) is 6.76. The number of hydrogen-bond donors (Lipinski definition) is 2. The molecule has 0 aromatic carbocycles. The van der Waals surface area contributed by atoms with Crippen molar-refractivity contribution < 1.29 is 4.74 Å². The summed E-state index contributed by atoms with van der Waals surface area (Å²) in [6.07, 6.45) is 4.56. The van der Waals surface area contributed by atoms with Crippen molar-refractivity contribution in [1.82, 2.24) is 5.32 Å². The fourth-order valence-electron chi connectivity index (χ4n) is 2.24. The van der Waals surface area contributed by atoms with Crippen LogP contribution < -0.4 is 11.1 Å². The third kappa shape index (κ3) is 4.69. The molecule has 0 spiro atoms. The Bertz CT molecular complexity index is 304. The lowest BCUT2D eigenvalue weighted by Crippen LogP contribution is -2.41. The normalized spacial score (nSPS) is 29.1. The van der Waals surface area contributed by atoms with Crippen LogP contribution in [0.25, 0.3) is 0 Å². The largest absolute Gasteiger partial charge is 0.376 e. The van der Waals surface area contributed by atoms with Crippen LogP contribution in [0.4, 0.5) is 0 Å². The molecule has 0 aliphatic heterocycles. The van der Waals surface area contributed by atoms with E-state index in [2.05, 4.69) is 23.8 Å².